The maximum atomic E-state index is 5.53. The average Bonchev–Trinajstić information content (AvgIpc) is 2.66. The van der Waals surface area contributed by atoms with Crippen molar-refractivity contribution in [3.8, 4) is 5.75 Å². The molecule has 0 spiro atoms. The van der Waals surface area contributed by atoms with E-state index in [9.17, 15) is 0 Å². The second-order valence-corrected chi connectivity index (χ2v) is 6.99. The highest BCUT2D eigenvalue weighted by Crippen LogP contribution is 2.31. The number of methoxy groups -OCH3 is 1. The molecule has 0 amide bonds. The number of rotatable bonds is 4. The number of benzene rings is 3. The molecule has 2 atom stereocenters. The molecule has 3 aromatic carbocycles. The minimum Gasteiger partial charge on any atom is -0.496 e. The molecule has 0 saturated heterocycles. The van der Waals surface area contributed by atoms with Crippen molar-refractivity contribution in [1.82, 2.24) is 5.32 Å². The fourth-order valence-corrected chi connectivity index (χ4v) is 4.18. The molecule has 0 aliphatic heterocycles. The first-order valence-electron chi connectivity index (χ1n) is 9.14. The summed E-state index contributed by atoms with van der Waals surface area (Å²) in [4.78, 5) is 0. The summed E-state index contributed by atoms with van der Waals surface area (Å²) in [5.74, 6) is 1.04. The van der Waals surface area contributed by atoms with E-state index in [0.29, 0.717) is 12.1 Å². The maximum Gasteiger partial charge on any atom is 0.122 e. The van der Waals surface area contributed by atoms with Crippen LogP contribution in [-0.2, 0) is 12.8 Å². The van der Waals surface area contributed by atoms with Gasteiger partial charge in [-0.25, -0.2) is 0 Å². The van der Waals surface area contributed by atoms with Crippen LogP contribution in [0, 0.1) is 0 Å². The lowest BCUT2D eigenvalue weighted by atomic mass is 9.87. The lowest BCUT2D eigenvalue weighted by Crippen LogP contribution is -2.36. The Hall–Kier alpha value is -2.32. The number of ether oxygens (including phenoxy) is 1. The van der Waals surface area contributed by atoms with E-state index in [4.69, 9.17) is 4.74 Å². The lowest BCUT2D eigenvalue weighted by molar-refractivity contribution is 0.387. The molecule has 0 aromatic heterocycles. The van der Waals surface area contributed by atoms with Gasteiger partial charge in [-0.05, 0) is 59.7 Å². The largest absolute Gasteiger partial charge is 0.496 e. The highest BCUT2D eigenvalue weighted by atomic mass is 16.5. The predicted octanol–water partition coefficient (Wildman–Crippen LogP) is 5.06. The molecule has 0 bridgehead atoms. The minimum absolute atomic E-state index is 0.336. The van der Waals surface area contributed by atoms with E-state index in [-0.39, 0.29) is 0 Å². The molecule has 2 nitrogen and oxygen atoms in total. The van der Waals surface area contributed by atoms with Crippen molar-refractivity contribution in [2.45, 2.75) is 38.3 Å². The van der Waals surface area contributed by atoms with Crippen molar-refractivity contribution in [3.05, 3.63) is 77.4 Å². The van der Waals surface area contributed by atoms with Crippen molar-refractivity contribution in [3.63, 3.8) is 0 Å². The third-order valence-electron chi connectivity index (χ3n) is 5.43. The van der Waals surface area contributed by atoms with Gasteiger partial charge in [0.05, 0.1) is 7.11 Å². The minimum atomic E-state index is 0.336. The zero-order chi connectivity index (χ0) is 17.2. The van der Waals surface area contributed by atoms with Crippen molar-refractivity contribution in [2.75, 3.05) is 7.11 Å². The van der Waals surface area contributed by atoms with Crippen molar-refractivity contribution < 1.29 is 4.74 Å². The molecule has 2 unspecified atom stereocenters. The molecule has 128 valence electrons. The van der Waals surface area contributed by atoms with Gasteiger partial charge in [0.15, 0.2) is 0 Å². The second-order valence-electron chi connectivity index (χ2n) is 6.99. The zero-order valence-corrected chi connectivity index (χ0v) is 15.0. The summed E-state index contributed by atoms with van der Waals surface area (Å²) < 4.78 is 5.53. The van der Waals surface area contributed by atoms with Gasteiger partial charge in [-0.2, -0.15) is 0 Å². The van der Waals surface area contributed by atoms with Gasteiger partial charge in [0.2, 0.25) is 0 Å². The van der Waals surface area contributed by atoms with Crippen LogP contribution in [0.25, 0.3) is 10.8 Å². The molecule has 1 aliphatic carbocycles. The first-order valence-corrected chi connectivity index (χ1v) is 9.14. The fraction of sp³-hybridized carbons (Fsp3) is 0.304. The summed E-state index contributed by atoms with van der Waals surface area (Å²) in [6, 6.07) is 22.5. The molecule has 3 aromatic rings. The molecule has 1 aliphatic rings. The van der Waals surface area contributed by atoms with Crippen molar-refractivity contribution >= 4 is 10.8 Å². The fourth-order valence-electron chi connectivity index (χ4n) is 4.18. The van der Waals surface area contributed by atoms with Crippen LogP contribution >= 0.6 is 0 Å². The Morgan fingerprint density at radius 3 is 2.68 bits per heavy atom. The van der Waals surface area contributed by atoms with Crippen molar-refractivity contribution in [2.24, 2.45) is 0 Å². The third-order valence-corrected chi connectivity index (χ3v) is 5.43. The van der Waals surface area contributed by atoms with Crippen molar-refractivity contribution in [1.29, 1.82) is 0 Å². The number of fused-ring (bicyclic) bond motifs is 2. The number of nitrogens with one attached hydrogen (secondary N) is 1. The van der Waals surface area contributed by atoms with Gasteiger partial charge in [-0.3, -0.25) is 0 Å². The summed E-state index contributed by atoms with van der Waals surface area (Å²) in [7, 11) is 1.77. The Morgan fingerprint density at radius 1 is 1.00 bits per heavy atom. The average molecular weight is 331 g/mol. The Morgan fingerprint density at radius 2 is 1.80 bits per heavy atom. The molecule has 0 heterocycles. The summed E-state index contributed by atoms with van der Waals surface area (Å²) in [5.41, 5.74) is 4.20. The highest BCUT2D eigenvalue weighted by Gasteiger charge is 2.23. The van der Waals surface area contributed by atoms with Gasteiger partial charge in [0, 0.05) is 12.1 Å². The molecule has 4 rings (SSSR count). The van der Waals surface area contributed by atoms with Gasteiger partial charge in [-0.15, -0.1) is 0 Å². The van der Waals surface area contributed by atoms with E-state index in [1.165, 1.54) is 27.5 Å². The van der Waals surface area contributed by atoms with Crippen LogP contribution in [-0.4, -0.2) is 13.2 Å². The van der Waals surface area contributed by atoms with Gasteiger partial charge in [0.1, 0.15) is 5.75 Å². The number of hydrogen-bond acceptors (Lipinski definition) is 2. The van der Waals surface area contributed by atoms with Crippen LogP contribution in [0.5, 0.6) is 5.75 Å². The topological polar surface area (TPSA) is 21.3 Å². The molecule has 25 heavy (non-hydrogen) atoms. The zero-order valence-electron chi connectivity index (χ0n) is 15.0. The van der Waals surface area contributed by atoms with Gasteiger partial charge in [0.25, 0.3) is 0 Å². The Labute approximate surface area is 149 Å². The van der Waals surface area contributed by atoms with Crippen LogP contribution in [0.2, 0.25) is 0 Å². The van der Waals surface area contributed by atoms with Crippen LogP contribution in [0.4, 0.5) is 0 Å². The van der Waals surface area contributed by atoms with Crippen LogP contribution in [0.1, 0.15) is 36.1 Å². The second kappa shape index (κ2) is 6.89. The van der Waals surface area contributed by atoms with Gasteiger partial charge in [-0.1, -0.05) is 54.6 Å². The van der Waals surface area contributed by atoms with Crippen LogP contribution in [0.3, 0.4) is 0 Å². The van der Waals surface area contributed by atoms with E-state index in [2.05, 4.69) is 72.9 Å². The first kappa shape index (κ1) is 16.2. The van der Waals surface area contributed by atoms with Gasteiger partial charge >= 0.3 is 0 Å². The van der Waals surface area contributed by atoms with Gasteiger partial charge < -0.3 is 10.1 Å². The van der Waals surface area contributed by atoms with E-state index >= 15 is 0 Å². The maximum absolute atomic E-state index is 5.53. The Kier molecular flexibility index (Phi) is 4.46. The SMILES string of the molecule is COc1cccc2c1CCC(NC(C)c1cccc3ccccc13)C2. The number of hydrogen-bond donors (Lipinski definition) is 1. The smallest absolute Gasteiger partial charge is 0.122 e. The quantitative estimate of drug-likeness (QED) is 0.722. The third kappa shape index (κ3) is 3.14. The first-order chi connectivity index (χ1) is 12.3. The normalized spacial score (nSPS) is 17.9. The summed E-state index contributed by atoms with van der Waals surface area (Å²) >= 11 is 0. The monoisotopic (exact) mass is 331 g/mol. The standard InChI is InChI=1S/C23H25NO/c1-16(20-11-5-8-17-7-3-4-10-21(17)20)24-19-13-14-22-18(15-19)9-6-12-23(22)25-2/h3-12,16,19,24H,13-15H2,1-2H3. The summed E-state index contributed by atoms with van der Waals surface area (Å²) in [6.07, 6.45) is 3.31. The lowest BCUT2D eigenvalue weighted by Gasteiger charge is -2.30. The predicted molar refractivity (Wildman–Crippen MR) is 104 cm³/mol. The summed E-state index contributed by atoms with van der Waals surface area (Å²) in [5, 5.41) is 6.53. The molecule has 0 radical (unpaired) electrons. The molecular formula is C23H25NO. The van der Waals surface area contributed by atoms with E-state index in [1.807, 2.05) is 0 Å². The highest BCUT2D eigenvalue weighted by molar-refractivity contribution is 5.86. The molecule has 0 fully saturated rings. The Bertz CT molecular complexity index is 881. The van der Waals surface area contributed by atoms with Crippen LogP contribution in [0.15, 0.2) is 60.7 Å². The Balaban J connectivity index is 1.54. The van der Waals surface area contributed by atoms with Crippen LogP contribution < -0.4 is 10.1 Å². The molecular weight excluding hydrogens is 306 g/mol. The van der Waals surface area contributed by atoms with E-state index < -0.39 is 0 Å². The molecule has 1 N–H and O–H groups in total. The van der Waals surface area contributed by atoms with E-state index in [0.717, 1.165) is 25.0 Å². The van der Waals surface area contributed by atoms with E-state index in [1.54, 1.807) is 7.11 Å². The molecule has 2 heteroatoms. The summed E-state index contributed by atoms with van der Waals surface area (Å²) in [6.45, 7) is 2.28. The molecule has 0 saturated carbocycles.